The van der Waals surface area contributed by atoms with Crippen molar-refractivity contribution in [3.05, 3.63) is 0 Å². The third-order valence-corrected chi connectivity index (χ3v) is 11.7. The molecule has 8 unspecified atom stereocenters. The molecule has 7 heteroatoms. The summed E-state index contributed by atoms with van der Waals surface area (Å²) >= 11 is 0. The number of esters is 2. The van der Waals surface area contributed by atoms with E-state index in [1.807, 2.05) is 0 Å². The van der Waals surface area contributed by atoms with E-state index in [9.17, 15) is 9.59 Å². The van der Waals surface area contributed by atoms with Crippen LogP contribution in [0.5, 0.6) is 0 Å². The molecule has 0 aromatic heterocycles. The Balaban J connectivity index is 0.904. The van der Waals surface area contributed by atoms with Crippen LogP contribution in [0.1, 0.15) is 194 Å². The van der Waals surface area contributed by atoms with Gasteiger partial charge >= 0.3 is 11.9 Å². The summed E-state index contributed by atoms with van der Waals surface area (Å²) in [4.78, 5) is 26.0. The summed E-state index contributed by atoms with van der Waals surface area (Å²) in [6.45, 7) is 5.33. The SMILES string of the molecule is CCC1OC1CCCCCCCCCCCCCOC(=O)C1CC2OC2CC1C(=O)OCCCCCCCCCCCCCC1OC1CC. The van der Waals surface area contributed by atoms with Crippen molar-refractivity contribution >= 4 is 11.9 Å². The molecule has 3 saturated heterocycles. The molecule has 1 aliphatic carbocycles. The molecule has 0 radical (unpaired) electrons. The van der Waals surface area contributed by atoms with Crippen LogP contribution in [0, 0.1) is 11.8 Å². The Morgan fingerprint density at radius 3 is 1.04 bits per heavy atom. The molecule has 7 nitrogen and oxygen atoms in total. The van der Waals surface area contributed by atoms with Crippen molar-refractivity contribution in [2.75, 3.05) is 13.2 Å². The van der Waals surface area contributed by atoms with E-state index in [1.165, 1.54) is 141 Å². The van der Waals surface area contributed by atoms with Crippen molar-refractivity contribution < 1.29 is 33.3 Å². The minimum atomic E-state index is -0.424. The molecule has 4 aliphatic rings. The van der Waals surface area contributed by atoms with Gasteiger partial charge in [-0.05, 0) is 51.4 Å². The maximum absolute atomic E-state index is 13.0. The van der Waals surface area contributed by atoms with Gasteiger partial charge in [0.1, 0.15) is 0 Å². The Bertz CT molecular complexity index is 824. The maximum Gasteiger partial charge on any atom is 0.309 e. The maximum atomic E-state index is 13.0. The van der Waals surface area contributed by atoms with Crippen molar-refractivity contribution in [1.82, 2.24) is 0 Å². The first-order valence-electron chi connectivity index (χ1n) is 21.4. The van der Waals surface area contributed by atoms with Crippen LogP contribution in [0.3, 0.4) is 0 Å². The van der Waals surface area contributed by atoms with Gasteiger partial charge in [0.05, 0.1) is 61.7 Å². The van der Waals surface area contributed by atoms with Crippen LogP contribution in [0.2, 0.25) is 0 Å². The fourth-order valence-corrected chi connectivity index (χ4v) is 8.17. The smallest absolute Gasteiger partial charge is 0.309 e. The normalized spacial score (nSPS) is 28.2. The molecular formula is C42H74O7. The van der Waals surface area contributed by atoms with Crippen molar-refractivity contribution in [1.29, 1.82) is 0 Å². The average Bonchev–Trinajstić information content (AvgIpc) is 4.02. The van der Waals surface area contributed by atoms with E-state index in [4.69, 9.17) is 23.7 Å². The fourth-order valence-electron chi connectivity index (χ4n) is 8.17. The number of unbranched alkanes of at least 4 members (excludes halogenated alkanes) is 20. The molecule has 49 heavy (non-hydrogen) atoms. The Morgan fingerprint density at radius 2 is 0.735 bits per heavy atom. The Labute approximate surface area is 300 Å². The van der Waals surface area contributed by atoms with Gasteiger partial charge in [0.2, 0.25) is 0 Å². The lowest BCUT2D eigenvalue weighted by Gasteiger charge is -2.26. The molecule has 0 aromatic carbocycles. The number of epoxide rings is 3. The summed E-state index contributed by atoms with van der Waals surface area (Å²) in [6.07, 6.45) is 36.2. The van der Waals surface area contributed by atoms with Gasteiger partial charge in [-0.3, -0.25) is 9.59 Å². The fraction of sp³-hybridized carbons (Fsp3) is 0.952. The third-order valence-electron chi connectivity index (χ3n) is 11.7. The minimum absolute atomic E-state index is 0.114. The highest BCUT2D eigenvalue weighted by atomic mass is 16.6. The van der Waals surface area contributed by atoms with Gasteiger partial charge in [-0.1, -0.05) is 142 Å². The molecule has 0 spiro atoms. The summed E-state index contributed by atoms with van der Waals surface area (Å²) in [5.41, 5.74) is 0. The van der Waals surface area contributed by atoms with Crippen LogP contribution in [0.25, 0.3) is 0 Å². The average molecular weight is 691 g/mol. The van der Waals surface area contributed by atoms with Crippen LogP contribution in [-0.4, -0.2) is 61.8 Å². The first-order valence-corrected chi connectivity index (χ1v) is 21.4. The number of carbonyl (C=O) groups excluding carboxylic acids is 2. The molecule has 3 aliphatic heterocycles. The first-order chi connectivity index (χ1) is 24.1. The van der Waals surface area contributed by atoms with E-state index in [-0.39, 0.29) is 24.1 Å². The summed E-state index contributed by atoms with van der Waals surface area (Å²) in [5.74, 6) is -1.31. The predicted molar refractivity (Wildman–Crippen MR) is 196 cm³/mol. The van der Waals surface area contributed by atoms with Crippen molar-refractivity contribution in [2.24, 2.45) is 11.8 Å². The molecule has 0 aromatic rings. The van der Waals surface area contributed by atoms with Gasteiger partial charge in [-0.25, -0.2) is 0 Å². The van der Waals surface area contributed by atoms with Crippen LogP contribution in [0.15, 0.2) is 0 Å². The Kier molecular flexibility index (Phi) is 20.0. The van der Waals surface area contributed by atoms with Crippen molar-refractivity contribution in [3.63, 3.8) is 0 Å². The van der Waals surface area contributed by atoms with Crippen LogP contribution >= 0.6 is 0 Å². The standard InChI is InChI=1S/C42H74O7/c1-3-35-37(47-35)27-23-19-15-11-7-5-9-13-17-21-25-29-45-41(43)33-31-39-40(49-39)32-34(33)42(44)46-30-26-22-18-14-10-6-8-12-16-20-24-28-38-36(4-2)48-38/h33-40H,3-32H2,1-2H3. The molecule has 1 saturated carbocycles. The molecule has 284 valence electrons. The lowest BCUT2D eigenvalue weighted by molar-refractivity contribution is -0.162. The van der Waals surface area contributed by atoms with Crippen LogP contribution in [-0.2, 0) is 33.3 Å². The Hall–Kier alpha value is -1.18. The topological polar surface area (TPSA) is 90.2 Å². The molecule has 0 amide bonds. The number of rotatable bonds is 32. The summed E-state index contributed by atoms with van der Waals surface area (Å²) in [5, 5.41) is 0. The predicted octanol–water partition coefficient (Wildman–Crippen LogP) is 10.6. The summed E-state index contributed by atoms with van der Waals surface area (Å²) in [6, 6.07) is 0. The second-order valence-electron chi connectivity index (χ2n) is 15.8. The van der Waals surface area contributed by atoms with E-state index in [2.05, 4.69) is 13.8 Å². The second-order valence-corrected chi connectivity index (χ2v) is 15.8. The number of fused-ring (bicyclic) bond motifs is 1. The number of carbonyl (C=O) groups is 2. The van der Waals surface area contributed by atoms with E-state index < -0.39 is 11.8 Å². The zero-order valence-electron chi connectivity index (χ0n) is 31.7. The quantitative estimate of drug-likeness (QED) is 0.0394. The van der Waals surface area contributed by atoms with E-state index in [0.29, 0.717) is 50.5 Å². The summed E-state index contributed by atoms with van der Waals surface area (Å²) in [7, 11) is 0. The van der Waals surface area contributed by atoms with Crippen LogP contribution in [0.4, 0.5) is 0 Å². The molecule has 3 heterocycles. The number of hydrogen-bond donors (Lipinski definition) is 0. The molecule has 0 bridgehead atoms. The van der Waals surface area contributed by atoms with Gasteiger partial charge in [0.15, 0.2) is 0 Å². The largest absolute Gasteiger partial charge is 0.465 e. The van der Waals surface area contributed by atoms with Crippen molar-refractivity contribution in [3.8, 4) is 0 Å². The van der Waals surface area contributed by atoms with Gasteiger partial charge in [-0.2, -0.15) is 0 Å². The third kappa shape index (κ3) is 16.8. The molecule has 8 atom stereocenters. The van der Waals surface area contributed by atoms with Gasteiger partial charge in [0.25, 0.3) is 0 Å². The Morgan fingerprint density at radius 1 is 0.429 bits per heavy atom. The molecule has 0 N–H and O–H groups in total. The number of ether oxygens (including phenoxy) is 5. The van der Waals surface area contributed by atoms with E-state index in [0.717, 1.165) is 25.7 Å². The van der Waals surface area contributed by atoms with E-state index in [1.54, 1.807) is 0 Å². The lowest BCUT2D eigenvalue weighted by Crippen LogP contribution is -2.37. The molecule has 4 fully saturated rings. The number of hydrogen-bond acceptors (Lipinski definition) is 7. The van der Waals surface area contributed by atoms with Gasteiger partial charge in [-0.15, -0.1) is 0 Å². The minimum Gasteiger partial charge on any atom is -0.465 e. The monoisotopic (exact) mass is 691 g/mol. The van der Waals surface area contributed by atoms with Crippen molar-refractivity contribution in [2.45, 2.75) is 230 Å². The first kappa shape index (κ1) is 40.6. The lowest BCUT2D eigenvalue weighted by atomic mass is 9.79. The van der Waals surface area contributed by atoms with Gasteiger partial charge < -0.3 is 23.7 Å². The highest BCUT2D eigenvalue weighted by Crippen LogP contribution is 2.44. The molecule has 4 rings (SSSR count). The summed E-state index contributed by atoms with van der Waals surface area (Å²) < 4.78 is 28.3. The van der Waals surface area contributed by atoms with E-state index >= 15 is 0 Å². The second kappa shape index (κ2) is 24.1. The molecular weight excluding hydrogens is 616 g/mol. The van der Waals surface area contributed by atoms with Crippen LogP contribution < -0.4 is 0 Å². The zero-order valence-corrected chi connectivity index (χ0v) is 31.7. The zero-order chi connectivity index (χ0) is 34.5. The van der Waals surface area contributed by atoms with Gasteiger partial charge in [0, 0.05) is 0 Å². The highest BCUT2D eigenvalue weighted by Gasteiger charge is 2.53. The highest BCUT2D eigenvalue weighted by molar-refractivity contribution is 5.82.